The first kappa shape index (κ1) is 9.75. The van der Waals surface area contributed by atoms with Crippen molar-refractivity contribution in [2.24, 2.45) is 0 Å². The van der Waals surface area contributed by atoms with Gasteiger partial charge in [-0.2, -0.15) is 0 Å². The van der Waals surface area contributed by atoms with Crippen molar-refractivity contribution in [3.05, 3.63) is 0 Å². The van der Waals surface area contributed by atoms with E-state index in [0.29, 0.717) is 0 Å². The van der Waals surface area contributed by atoms with Gasteiger partial charge < -0.3 is 4.90 Å². The summed E-state index contributed by atoms with van der Waals surface area (Å²) in [5, 5.41) is 0. The lowest BCUT2D eigenvalue weighted by molar-refractivity contribution is 0.236. The SMILES string of the molecule is ClCCN1CCC(N2CCCC2)C1. The molecule has 2 aliphatic heterocycles. The fourth-order valence-electron chi connectivity index (χ4n) is 2.54. The Hall–Kier alpha value is 0.210. The molecule has 0 saturated carbocycles. The van der Waals surface area contributed by atoms with Gasteiger partial charge in [-0.25, -0.2) is 0 Å². The zero-order chi connectivity index (χ0) is 9.10. The lowest BCUT2D eigenvalue weighted by Gasteiger charge is -2.23. The van der Waals surface area contributed by atoms with Crippen LogP contribution in [0.4, 0.5) is 0 Å². The van der Waals surface area contributed by atoms with E-state index in [2.05, 4.69) is 9.80 Å². The summed E-state index contributed by atoms with van der Waals surface area (Å²) in [6.45, 7) is 6.26. The zero-order valence-corrected chi connectivity index (χ0v) is 8.97. The molecule has 2 aliphatic rings. The second-order valence-electron chi connectivity index (χ2n) is 4.18. The standard InChI is InChI=1S/C10H19ClN2/c11-4-8-12-7-3-10(9-12)13-5-1-2-6-13/h10H,1-9H2. The van der Waals surface area contributed by atoms with Crippen LogP contribution in [-0.2, 0) is 0 Å². The minimum absolute atomic E-state index is 0.784. The number of halogens is 1. The van der Waals surface area contributed by atoms with Crippen LogP contribution in [-0.4, -0.2) is 54.4 Å². The Labute approximate surface area is 85.8 Å². The molecule has 1 atom stereocenters. The highest BCUT2D eigenvalue weighted by Crippen LogP contribution is 2.19. The zero-order valence-electron chi connectivity index (χ0n) is 8.21. The summed E-state index contributed by atoms with van der Waals surface area (Å²) < 4.78 is 0. The van der Waals surface area contributed by atoms with Gasteiger partial charge in [-0.1, -0.05) is 0 Å². The molecule has 2 nitrogen and oxygen atoms in total. The van der Waals surface area contributed by atoms with E-state index >= 15 is 0 Å². The second kappa shape index (κ2) is 4.63. The first-order valence-corrected chi connectivity index (χ1v) is 5.96. The predicted octanol–water partition coefficient (Wildman–Crippen LogP) is 1.40. The number of nitrogens with zero attached hydrogens (tertiary/aromatic N) is 2. The molecule has 0 bridgehead atoms. The number of rotatable bonds is 3. The van der Waals surface area contributed by atoms with Crippen LogP contribution in [0.5, 0.6) is 0 Å². The van der Waals surface area contributed by atoms with E-state index in [-0.39, 0.29) is 0 Å². The summed E-state index contributed by atoms with van der Waals surface area (Å²) >= 11 is 5.73. The molecular formula is C10H19ClN2. The van der Waals surface area contributed by atoms with E-state index in [9.17, 15) is 0 Å². The minimum Gasteiger partial charge on any atom is -0.301 e. The fourth-order valence-corrected chi connectivity index (χ4v) is 2.78. The average molecular weight is 203 g/mol. The second-order valence-corrected chi connectivity index (χ2v) is 4.55. The third-order valence-corrected chi connectivity index (χ3v) is 3.47. The topological polar surface area (TPSA) is 6.48 Å². The molecule has 0 radical (unpaired) electrons. The molecule has 13 heavy (non-hydrogen) atoms. The largest absolute Gasteiger partial charge is 0.301 e. The highest BCUT2D eigenvalue weighted by molar-refractivity contribution is 6.18. The van der Waals surface area contributed by atoms with Gasteiger partial charge in [0.15, 0.2) is 0 Å². The highest BCUT2D eigenvalue weighted by atomic mass is 35.5. The number of likely N-dealkylation sites (tertiary alicyclic amines) is 2. The molecule has 2 fully saturated rings. The Bertz CT molecular complexity index is 157. The van der Waals surface area contributed by atoms with Crippen LogP contribution in [0.15, 0.2) is 0 Å². The van der Waals surface area contributed by atoms with E-state index in [1.807, 2.05) is 0 Å². The molecule has 2 heterocycles. The van der Waals surface area contributed by atoms with Gasteiger partial charge in [-0.05, 0) is 38.9 Å². The summed E-state index contributed by atoms with van der Waals surface area (Å²) in [6.07, 6.45) is 4.18. The highest BCUT2D eigenvalue weighted by Gasteiger charge is 2.28. The summed E-state index contributed by atoms with van der Waals surface area (Å²) in [5.74, 6) is 0.784. The van der Waals surface area contributed by atoms with Crippen LogP contribution in [0.1, 0.15) is 19.3 Å². The van der Waals surface area contributed by atoms with E-state index in [1.54, 1.807) is 0 Å². The number of hydrogen-bond acceptors (Lipinski definition) is 2. The van der Waals surface area contributed by atoms with Crippen LogP contribution in [0, 0.1) is 0 Å². The lowest BCUT2D eigenvalue weighted by atomic mass is 10.2. The van der Waals surface area contributed by atoms with Crippen LogP contribution < -0.4 is 0 Å². The Morgan fingerprint density at radius 3 is 2.62 bits per heavy atom. The molecule has 2 rings (SSSR count). The Balaban J connectivity index is 1.76. The Morgan fingerprint density at radius 2 is 1.92 bits per heavy atom. The van der Waals surface area contributed by atoms with Crippen LogP contribution in [0.3, 0.4) is 0 Å². The molecule has 3 heteroatoms. The minimum atomic E-state index is 0.784. The van der Waals surface area contributed by atoms with Crippen molar-refractivity contribution in [2.75, 3.05) is 38.6 Å². The van der Waals surface area contributed by atoms with Gasteiger partial charge in [-0.3, -0.25) is 4.90 Å². The molecule has 0 aliphatic carbocycles. The average Bonchev–Trinajstić information content (AvgIpc) is 2.70. The van der Waals surface area contributed by atoms with E-state index < -0.39 is 0 Å². The van der Waals surface area contributed by atoms with Crippen LogP contribution in [0.25, 0.3) is 0 Å². The van der Waals surface area contributed by atoms with Gasteiger partial charge in [0, 0.05) is 25.0 Å². The van der Waals surface area contributed by atoms with Crippen molar-refractivity contribution in [3.63, 3.8) is 0 Å². The van der Waals surface area contributed by atoms with Crippen molar-refractivity contribution in [1.82, 2.24) is 9.80 Å². The van der Waals surface area contributed by atoms with Crippen LogP contribution in [0.2, 0.25) is 0 Å². The molecule has 0 N–H and O–H groups in total. The summed E-state index contributed by atoms with van der Waals surface area (Å²) in [4.78, 5) is 5.16. The maximum atomic E-state index is 5.73. The molecule has 2 saturated heterocycles. The molecule has 0 aromatic heterocycles. The third kappa shape index (κ3) is 2.36. The molecule has 0 amide bonds. The smallest absolute Gasteiger partial charge is 0.0351 e. The van der Waals surface area contributed by atoms with E-state index in [0.717, 1.165) is 18.5 Å². The van der Waals surface area contributed by atoms with Gasteiger partial charge in [0.1, 0.15) is 0 Å². The van der Waals surface area contributed by atoms with E-state index in [4.69, 9.17) is 11.6 Å². The quantitative estimate of drug-likeness (QED) is 0.639. The Morgan fingerprint density at radius 1 is 1.15 bits per heavy atom. The van der Waals surface area contributed by atoms with Gasteiger partial charge in [0.25, 0.3) is 0 Å². The monoisotopic (exact) mass is 202 g/mol. The third-order valence-electron chi connectivity index (χ3n) is 3.31. The normalized spacial score (nSPS) is 31.6. The van der Waals surface area contributed by atoms with Gasteiger partial charge in [0.05, 0.1) is 0 Å². The fraction of sp³-hybridized carbons (Fsp3) is 1.00. The van der Waals surface area contributed by atoms with Crippen molar-refractivity contribution in [1.29, 1.82) is 0 Å². The molecule has 0 aromatic rings. The number of hydrogen-bond donors (Lipinski definition) is 0. The van der Waals surface area contributed by atoms with Crippen LogP contribution >= 0.6 is 11.6 Å². The summed E-state index contributed by atoms with van der Waals surface area (Å²) in [5.41, 5.74) is 0. The van der Waals surface area contributed by atoms with Crippen molar-refractivity contribution in [2.45, 2.75) is 25.3 Å². The molecule has 76 valence electrons. The first-order chi connectivity index (χ1) is 6.40. The van der Waals surface area contributed by atoms with Crippen molar-refractivity contribution in [3.8, 4) is 0 Å². The first-order valence-electron chi connectivity index (χ1n) is 5.42. The van der Waals surface area contributed by atoms with Gasteiger partial charge >= 0.3 is 0 Å². The van der Waals surface area contributed by atoms with Gasteiger partial charge in [-0.15, -0.1) is 11.6 Å². The molecule has 1 unspecified atom stereocenters. The predicted molar refractivity (Wildman–Crippen MR) is 56.4 cm³/mol. The molecular weight excluding hydrogens is 184 g/mol. The molecule has 0 aromatic carbocycles. The maximum Gasteiger partial charge on any atom is 0.0351 e. The van der Waals surface area contributed by atoms with Crippen molar-refractivity contribution < 1.29 is 0 Å². The van der Waals surface area contributed by atoms with Crippen molar-refractivity contribution >= 4 is 11.6 Å². The summed E-state index contributed by atoms with van der Waals surface area (Å²) in [7, 11) is 0. The Kier molecular flexibility index (Phi) is 3.47. The summed E-state index contributed by atoms with van der Waals surface area (Å²) in [6, 6.07) is 0.839. The maximum absolute atomic E-state index is 5.73. The lowest BCUT2D eigenvalue weighted by Crippen LogP contribution is -2.35. The van der Waals surface area contributed by atoms with E-state index in [1.165, 1.54) is 45.4 Å². The number of alkyl halides is 1. The van der Waals surface area contributed by atoms with Gasteiger partial charge in [0.2, 0.25) is 0 Å². The molecule has 0 spiro atoms.